The van der Waals surface area contributed by atoms with Gasteiger partial charge in [0.05, 0.1) is 12.9 Å². The predicted molar refractivity (Wildman–Crippen MR) is 31.0 cm³/mol. The Bertz CT molecular complexity index is 164. The Morgan fingerprint density at radius 1 is 1.55 bits per heavy atom. The summed E-state index contributed by atoms with van der Waals surface area (Å²) < 4.78 is 47.1. The maximum Gasteiger partial charge on any atom is 0.412 e. The molecule has 0 aromatic carbocycles. The van der Waals surface area contributed by atoms with Crippen molar-refractivity contribution in [1.82, 2.24) is 4.90 Å². The fourth-order valence-electron chi connectivity index (χ4n) is 0.759. The molecule has 1 unspecified atom stereocenters. The van der Waals surface area contributed by atoms with Crippen LogP contribution in [0.2, 0.25) is 0 Å². The number of hydrogen-bond acceptors (Lipinski definition) is 2. The Morgan fingerprint density at radius 2 is 2.18 bits per heavy atom. The van der Waals surface area contributed by atoms with E-state index in [4.69, 9.17) is 0 Å². The maximum atomic E-state index is 11.8. The first-order valence-corrected chi connectivity index (χ1v) is 2.94. The van der Waals surface area contributed by atoms with Gasteiger partial charge in [0.25, 0.3) is 0 Å². The lowest BCUT2D eigenvalue weighted by Gasteiger charge is -2.13. The second-order valence-corrected chi connectivity index (χ2v) is 2.21. The van der Waals surface area contributed by atoms with Gasteiger partial charge in [0.1, 0.15) is 0 Å². The third kappa shape index (κ3) is 1.81. The Hall–Kier alpha value is -0.810. The van der Waals surface area contributed by atoms with E-state index in [1.165, 1.54) is 0 Å². The molecule has 0 fully saturated rings. The van der Waals surface area contributed by atoms with Crippen LogP contribution >= 0.6 is 0 Å². The Morgan fingerprint density at radius 3 is 2.45 bits per heavy atom. The van der Waals surface area contributed by atoms with Gasteiger partial charge in [-0.15, -0.1) is 0 Å². The van der Waals surface area contributed by atoms with Crippen LogP contribution in [0.5, 0.6) is 0 Å². The van der Waals surface area contributed by atoms with Crippen molar-refractivity contribution in [2.24, 2.45) is 4.99 Å². The summed E-state index contributed by atoms with van der Waals surface area (Å²) in [5, 5.41) is 0. The van der Waals surface area contributed by atoms with Crippen LogP contribution in [0.25, 0.3) is 0 Å². The zero-order valence-electron chi connectivity index (χ0n) is 5.48. The van der Waals surface area contributed by atoms with Crippen LogP contribution in [0.15, 0.2) is 4.99 Å². The molecule has 0 saturated carbocycles. The lowest BCUT2D eigenvalue weighted by molar-refractivity contribution is -0.146. The van der Waals surface area contributed by atoms with E-state index in [1.807, 2.05) is 0 Å². The minimum atomic E-state index is -4.35. The molecule has 1 rings (SSSR count). The minimum Gasteiger partial charge on any atom is -0.333 e. The summed E-state index contributed by atoms with van der Waals surface area (Å²) in [5.74, 6) is 0. The highest BCUT2D eigenvalue weighted by Crippen LogP contribution is 2.25. The lowest BCUT2D eigenvalue weighted by Crippen LogP contribution is -2.33. The third-order valence-corrected chi connectivity index (χ3v) is 1.35. The van der Waals surface area contributed by atoms with E-state index in [1.54, 1.807) is 0 Å². The molecule has 0 aromatic rings. The predicted octanol–water partition coefficient (Wildman–Crippen LogP) is 1.19. The van der Waals surface area contributed by atoms with Crippen LogP contribution in [0.4, 0.5) is 17.6 Å². The topological polar surface area (TPSA) is 15.6 Å². The molecule has 0 bridgehead atoms. The molecule has 0 amide bonds. The largest absolute Gasteiger partial charge is 0.412 e. The highest BCUT2D eigenvalue weighted by Gasteiger charge is 2.42. The van der Waals surface area contributed by atoms with Gasteiger partial charge in [-0.3, -0.25) is 4.99 Å². The molecule has 0 saturated heterocycles. The number of hydrogen-bond donors (Lipinski definition) is 0. The average molecular weight is 170 g/mol. The highest BCUT2D eigenvalue weighted by molar-refractivity contribution is 5.57. The Kier molecular flexibility index (Phi) is 2.01. The van der Waals surface area contributed by atoms with Crippen molar-refractivity contribution in [2.75, 3.05) is 13.3 Å². The molecule has 0 aromatic heterocycles. The van der Waals surface area contributed by atoms with E-state index in [0.29, 0.717) is 0 Å². The SMILES string of the molecule is FCN1C=NC(C(F)(F)F)C1. The van der Waals surface area contributed by atoms with E-state index < -0.39 is 25.6 Å². The van der Waals surface area contributed by atoms with Crippen molar-refractivity contribution in [3.8, 4) is 0 Å². The van der Waals surface area contributed by atoms with Gasteiger partial charge in [0, 0.05) is 0 Å². The molecule has 1 aliphatic heterocycles. The molecule has 11 heavy (non-hydrogen) atoms. The monoisotopic (exact) mass is 170 g/mol. The van der Waals surface area contributed by atoms with Crippen LogP contribution in [-0.4, -0.2) is 36.8 Å². The normalized spacial score (nSPS) is 24.7. The number of nitrogens with zero attached hydrogens (tertiary/aromatic N) is 2. The standard InChI is InChI=1S/C5H6F4N2/c6-2-11-1-4(10-3-11)5(7,8)9/h3-4H,1-2H2. The van der Waals surface area contributed by atoms with Crippen molar-refractivity contribution < 1.29 is 17.6 Å². The third-order valence-electron chi connectivity index (χ3n) is 1.35. The summed E-state index contributed by atoms with van der Waals surface area (Å²) in [4.78, 5) is 3.97. The molecular formula is C5H6F4N2. The summed E-state index contributed by atoms with van der Waals surface area (Å²) >= 11 is 0. The zero-order valence-corrected chi connectivity index (χ0v) is 5.48. The van der Waals surface area contributed by atoms with Gasteiger partial charge in [-0.1, -0.05) is 0 Å². The smallest absolute Gasteiger partial charge is 0.333 e. The van der Waals surface area contributed by atoms with Crippen LogP contribution in [-0.2, 0) is 0 Å². The van der Waals surface area contributed by atoms with E-state index in [9.17, 15) is 17.6 Å². The molecule has 1 atom stereocenters. The average Bonchev–Trinajstić information content (AvgIpc) is 2.32. The van der Waals surface area contributed by atoms with E-state index in [0.717, 1.165) is 11.2 Å². The molecule has 6 heteroatoms. The van der Waals surface area contributed by atoms with Gasteiger partial charge >= 0.3 is 6.18 Å². The van der Waals surface area contributed by atoms with E-state index in [-0.39, 0.29) is 0 Å². The molecular weight excluding hydrogens is 164 g/mol. The molecule has 0 radical (unpaired) electrons. The maximum absolute atomic E-state index is 11.8. The summed E-state index contributed by atoms with van der Waals surface area (Å²) in [5.41, 5.74) is 0. The first-order chi connectivity index (χ1) is 5.04. The second-order valence-electron chi connectivity index (χ2n) is 2.21. The van der Waals surface area contributed by atoms with Crippen molar-refractivity contribution in [3.05, 3.63) is 0 Å². The van der Waals surface area contributed by atoms with Crippen LogP contribution in [0.3, 0.4) is 0 Å². The van der Waals surface area contributed by atoms with Gasteiger partial charge in [-0.25, -0.2) is 4.39 Å². The summed E-state index contributed by atoms with van der Waals surface area (Å²) in [6.45, 7) is -1.32. The highest BCUT2D eigenvalue weighted by atomic mass is 19.4. The van der Waals surface area contributed by atoms with Crippen molar-refractivity contribution in [3.63, 3.8) is 0 Å². The van der Waals surface area contributed by atoms with Crippen LogP contribution in [0.1, 0.15) is 0 Å². The molecule has 0 N–H and O–H groups in total. The van der Waals surface area contributed by atoms with Crippen LogP contribution < -0.4 is 0 Å². The van der Waals surface area contributed by atoms with Gasteiger partial charge in [-0.2, -0.15) is 13.2 Å². The molecule has 0 spiro atoms. The second kappa shape index (κ2) is 2.67. The number of aliphatic imine (C=N–C) groups is 1. The molecule has 2 nitrogen and oxygen atoms in total. The van der Waals surface area contributed by atoms with Crippen molar-refractivity contribution in [2.45, 2.75) is 12.2 Å². The first kappa shape index (κ1) is 8.29. The summed E-state index contributed by atoms with van der Waals surface area (Å²) in [7, 11) is 0. The zero-order chi connectivity index (χ0) is 8.48. The van der Waals surface area contributed by atoms with Crippen molar-refractivity contribution >= 4 is 6.34 Å². The van der Waals surface area contributed by atoms with Gasteiger partial charge in [0.2, 0.25) is 0 Å². The Balaban J connectivity index is 2.50. The van der Waals surface area contributed by atoms with Gasteiger partial charge in [-0.05, 0) is 0 Å². The molecule has 64 valence electrons. The number of alkyl halides is 4. The van der Waals surface area contributed by atoms with Crippen LogP contribution in [0, 0.1) is 0 Å². The van der Waals surface area contributed by atoms with Crippen molar-refractivity contribution in [1.29, 1.82) is 0 Å². The fourth-order valence-corrected chi connectivity index (χ4v) is 0.759. The Labute approximate surface area is 60.5 Å². The summed E-state index contributed by atoms with van der Waals surface area (Å²) in [6, 6.07) is -1.75. The number of halogens is 4. The fraction of sp³-hybridized carbons (Fsp3) is 0.800. The number of rotatable bonds is 1. The summed E-state index contributed by atoms with van der Waals surface area (Å²) in [6.07, 6.45) is -3.46. The molecule has 1 aliphatic rings. The molecule has 0 aliphatic carbocycles. The first-order valence-electron chi connectivity index (χ1n) is 2.94. The van der Waals surface area contributed by atoms with E-state index in [2.05, 4.69) is 4.99 Å². The minimum absolute atomic E-state index is 0.403. The lowest BCUT2D eigenvalue weighted by atomic mass is 10.3. The molecule has 1 heterocycles. The van der Waals surface area contributed by atoms with Gasteiger partial charge in [0.15, 0.2) is 12.8 Å². The van der Waals surface area contributed by atoms with Gasteiger partial charge < -0.3 is 4.90 Å². The van der Waals surface area contributed by atoms with E-state index >= 15 is 0 Å². The quantitative estimate of drug-likeness (QED) is 0.426.